The summed E-state index contributed by atoms with van der Waals surface area (Å²) in [5.41, 5.74) is -0.143. The van der Waals surface area contributed by atoms with Crippen molar-refractivity contribution in [2.75, 3.05) is 11.5 Å². The number of carboxylic acids is 2. The summed E-state index contributed by atoms with van der Waals surface area (Å²) in [6, 6.07) is 10.2. The number of β-lactam (4-membered cyclic amide) rings is 1. The smallest absolute Gasteiger partial charge is 0.543 e. The second-order valence-electron chi connectivity index (χ2n) is 8.51. The SMILES string of the molecule is O=C(O)Cn1nc2ccc(SCC3=C(C(=O)[O-])N4C(=O)C(NC(=O)C(O)c5ccccc5)[C@@H]4SC3)nn2c1=O.[Na+]. The van der Waals surface area contributed by atoms with Gasteiger partial charge in [0.1, 0.15) is 23.0 Å². The number of benzene rings is 1. The Hall–Kier alpha value is -3.15. The van der Waals surface area contributed by atoms with Gasteiger partial charge in [0, 0.05) is 11.5 Å². The zero-order valence-electron chi connectivity index (χ0n) is 20.8. The molecule has 0 saturated carbocycles. The fourth-order valence-corrected chi connectivity index (χ4v) is 6.50. The van der Waals surface area contributed by atoms with E-state index < -0.39 is 53.5 Å². The number of thioether (sulfide) groups is 2. The van der Waals surface area contributed by atoms with Crippen LogP contribution < -0.4 is 45.7 Å². The van der Waals surface area contributed by atoms with Gasteiger partial charge in [0.05, 0.1) is 11.7 Å². The normalized spacial score (nSPS) is 18.9. The Morgan fingerprint density at radius 1 is 1.15 bits per heavy atom. The average molecular weight is 595 g/mol. The molecule has 0 spiro atoms. The van der Waals surface area contributed by atoms with Gasteiger partial charge in [0.2, 0.25) is 0 Å². The molecule has 5 rings (SSSR count). The fourth-order valence-electron chi connectivity index (χ4n) is 4.16. The molecule has 2 unspecified atom stereocenters. The average Bonchev–Trinajstić information content (AvgIpc) is 3.23. The van der Waals surface area contributed by atoms with Crippen LogP contribution in [0.1, 0.15) is 11.7 Å². The van der Waals surface area contributed by atoms with E-state index >= 15 is 0 Å². The van der Waals surface area contributed by atoms with Crippen LogP contribution in [0.3, 0.4) is 0 Å². The number of nitrogens with zero attached hydrogens (tertiary/aromatic N) is 5. The maximum Gasteiger partial charge on any atom is 1.00 e. The molecular formula is C23H19N6NaO8S2. The van der Waals surface area contributed by atoms with Gasteiger partial charge in [-0.15, -0.1) is 28.6 Å². The first-order chi connectivity index (χ1) is 18.7. The van der Waals surface area contributed by atoms with Crippen molar-refractivity contribution >= 4 is 52.9 Å². The molecule has 0 aliphatic carbocycles. The molecule has 17 heteroatoms. The third-order valence-electron chi connectivity index (χ3n) is 6.00. The van der Waals surface area contributed by atoms with E-state index in [9.17, 15) is 34.2 Å². The number of carbonyl (C=O) groups excluding carboxylic acids is 3. The van der Waals surface area contributed by atoms with Gasteiger partial charge in [0.15, 0.2) is 11.8 Å². The first kappa shape index (κ1) is 29.8. The molecule has 2 aliphatic heterocycles. The minimum absolute atomic E-state index is 0. The third-order valence-corrected chi connectivity index (χ3v) is 8.34. The Bertz CT molecular complexity index is 1590. The molecule has 1 aromatic carbocycles. The molecule has 1 fully saturated rings. The van der Waals surface area contributed by atoms with Crippen molar-refractivity contribution < 1.29 is 64.1 Å². The van der Waals surface area contributed by atoms with Crippen molar-refractivity contribution in [3.8, 4) is 0 Å². The van der Waals surface area contributed by atoms with E-state index in [-0.39, 0.29) is 52.4 Å². The van der Waals surface area contributed by atoms with Crippen LogP contribution >= 0.6 is 23.5 Å². The summed E-state index contributed by atoms with van der Waals surface area (Å²) in [5, 5.41) is 41.4. The first-order valence-electron chi connectivity index (χ1n) is 11.4. The van der Waals surface area contributed by atoms with Gasteiger partial charge in [-0.2, -0.15) is 14.3 Å². The van der Waals surface area contributed by atoms with Crippen molar-refractivity contribution in [2.24, 2.45) is 0 Å². The van der Waals surface area contributed by atoms with E-state index in [1.54, 1.807) is 36.4 Å². The van der Waals surface area contributed by atoms with E-state index in [0.717, 1.165) is 25.9 Å². The number of rotatable bonds is 9. The molecule has 0 radical (unpaired) electrons. The van der Waals surface area contributed by atoms with Crippen molar-refractivity contribution in [1.29, 1.82) is 0 Å². The molecule has 14 nitrogen and oxygen atoms in total. The van der Waals surface area contributed by atoms with Crippen molar-refractivity contribution in [3.05, 3.63) is 69.8 Å². The standard InChI is InChI=1S/C23H20N6O8S2.Na/c30-15(31)8-27-23(37)29-13(25-27)6-7-14(26-29)38-9-12-10-39-21-16(20(34)28(21)17(12)22(35)36)24-19(33)18(32)11-4-2-1-3-5-11;/h1-7,16,18,21,32H,8-10H2,(H,24,33)(H,30,31)(H,35,36);/q;+1/p-1/t16?,18?,21-;/m0./s1. The van der Waals surface area contributed by atoms with Gasteiger partial charge >= 0.3 is 41.2 Å². The van der Waals surface area contributed by atoms with Crippen LogP contribution in [0.4, 0.5) is 0 Å². The van der Waals surface area contributed by atoms with Crippen LogP contribution in [0.15, 0.2) is 63.6 Å². The quantitative estimate of drug-likeness (QED) is 0.122. The Balaban J connectivity index is 0.00000370. The summed E-state index contributed by atoms with van der Waals surface area (Å²) < 4.78 is 1.71. The fraction of sp³-hybridized carbons (Fsp3) is 0.261. The number of aliphatic hydroxyl groups excluding tert-OH is 1. The molecule has 3 atom stereocenters. The number of aliphatic carboxylic acids is 2. The largest absolute Gasteiger partial charge is 1.00 e. The number of aliphatic hydroxyl groups is 1. The molecule has 4 heterocycles. The molecule has 2 aliphatic rings. The summed E-state index contributed by atoms with van der Waals surface area (Å²) in [5.74, 6) is -3.87. The van der Waals surface area contributed by atoms with E-state index in [2.05, 4.69) is 15.5 Å². The van der Waals surface area contributed by atoms with Crippen molar-refractivity contribution in [2.45, 2.75) is 29.1 Å². The number of aromatic nitrogens is 4. The summed E-state index contributed by atoms with van der Waals surface area (Å²) >= 11 is 2.36. The maximum atomic E-state index is 12.9. The van der Waals surface area contributed by atoms with Gasteiger partial charge in [-0.05, 0) is 23.3 Å². The van der Waals surface area contributed by atoms with Crippen molar-refractivity contribution in [1.82, 2.24) is 29.6 Å². The van der Waals surface area contributed by atoms with E-state index in [1.165, 1.54) is 17.8 Å². The first-order valence-corrected chi connectivity index (χ1v) is 13.4. The number of amides is 2. The Kier molecular flexibility index (Phi) is 9.06. The number of fused-ring (bicyclic) bond motifs is 2. The minimum Gasteiger partial charge on any atom is -0.543 e. The van der Waals surface area contributed by atoms with E-state index in [0.29, 0.717) is 16.2 Å². The molecule has 2 aromatic heterocycles. The zero-order valence-corrected chi connectivity index (χ0v) is 24.4. The minimum atomic E-state index is -1.55. The Morgan fingerprint density at radius 2 is 1.88 bits per heavy atom. The molecule has 202 valence electrons. The summed E-state index contributed by atoms with van der Waals surface area (Å²) in [6.45, 7) is -0.624. The van der Waals surface area contributed by atoms with Gasteiger partial charge < -0.3 is 25.4 Å². The van der Waals surface area contributed by atoms with Crippen LogP contribution in [0.5, 0.6) is 0 Å². The predicted molar refractivity (Wildman–Crippen MR) is 134 cm³/mol. The Morgan fingerprint density at radius 3 is 2.55 bits per heavy atom. The molecule has 0 bridgehead atoms. The number of carbonyl (C=O) groups is 4. The summed E-state index contributed by atoms with van der Waals surface area (Å²) in [4.78, 5) is 61.7. The van der Waals surface area contributed by atoms with Gasteiger partial charge in [-0.3, -0.25) is 19.3 Å². The molecular weight excluding hydrogens is 575 g/mol. The Labute approximate surface area is 255 Å². The van der Waals surface area contributed by atoms with E-state index in [4.69, 9.17) is 5.11 Å². The van der Waals surface area contributed by atoms with Gasteiger partial charge in [-0.25, -0.2) is 4.79 Å². The number of hydrogen-bond donors (Lipinski definition) is 3. The number of carboxylic acid groups (broad SMARTS) is 2. The molecule has 40 heavy (non-hydrogen) atoms. The maximum absolute atomic E-state index is 12.9. The second kappa shape index (κ2) is 12.2. The molecule has 3 aromatic rings. The molecule has 2 amide bonds. The number of hydrogen-bond acceptors (Lipinski definition) is 11. The van der Waals surface area contributed by atoms with Crippen LogP contribution in [-0.2, 0) is 25.7 Å². The van der Waals surface area contributed by atoms with Crippen molar-refractivity contribution in [3.63, 3.8) is 0 Å². The molecule has 1 saturated heterocycles. The predicted octanol–water partition coefficient (Wildman–Crippen LogP) is -4.79. The summed E-state index contributed by atoms with van der Waals surface area (Å²) in [6.07, 6.45) is -1.49. The van der Waals surface area contributed by atoms with Crippen LogP contribution in [-0.4, -0.2) is 81.2 Å². The third kappa shape index (κ3) is 5.68. The summed E-state index contributed by atoms with van der Waals surface area (Å²) in [7, 11) is 0. The van der Waals surface area contributed by atoms with E-state index in [1.807, 2.05) is 0 Å². The topological polar surface area (TPSA) is 199 Å². The van der Waals surface area contributed by atoms with Crippen LogP contribution in [0.2, 0.25) is 0 Å². The monoisotopic (exact) mass is 594 g/mol. The second-order valence-corrected chi connectivity index (χ2v) is 10.6. The number of nitrogens with one attached hydrogen (secondary N) is 1. The van der Waals surface area contributed by atoms with Crippen LogP contribution in [0, 0.1) is 0 Å². The van der Waals surface area contributed by atoms with Gasteiger partial charge in [0.25, 0.3) is 11.8 Å². The molecule has 3 N–H and O–H groups in total. The van der Waals surface area contributed by atoms with Crippen LogP contribution in [0.25, 0.3) is 5.65 Å². The zero-order chi connectivity index (χ0) is 27.8. The van der Waals surface area contributed by atoms with Gasteiger partial charge in [-0.1, -0.05) is 30.3 Å².